The van der Waals surface area contributed by atoms with E-state index in [4.69, 9.17) is 9.26 Å². The second-order valence-corrected chi connectivity index (χ2v) is 6.38. The number of hydrogen-bond acceptors (Lipinski definition) is 6. The van der Waals surface area contributed by atoms with Crippen LogP contribution in [0.1, 0.15) is 40.2 Å². The van der Waals surface area contributed by atoms with Crippen LogP contribution in [0.15, 0.2) is 29.0 Å². The molecule has 25 heavy (non-hydrogen) atoms. The summed E-state index contributed by atoms with van der Waals surface area (Å²) in [5.74, 6) is 0.440. The van der Waals surface area contributed by atoms with Gasteiger partial charge in [-0.2, -0.15) is 0 Å². The number of ether oxygens (including phenoxy) is 1. The number of aryl methyl sites for hydroxylation is 1. The number of rotatable bonds is 6. The fraction of sp³-hybridized carbons (Fsp3) is 0.500. The summed E-state index contributed by atoms with van der Waals surface area (Å²) in [6, 6.07) is 4.24. The molecule has 3 heterocycles. The highest BCUT2D eigenvalue weighted by Crippen LogP contribution is 2.17. The van der Waals surface area contributed by atoms with Gasteiger partial charge in [-0.3, -0.25) is 14.7 Å². The van der Waals surface area contributed by atoms with Crippen molar-refractivity contribution in [2.75, 3.05) is 20.2 Å². The van der Waals surface area contributed by atoms with Crippen LogP contribution in [-0.2, 0) is 17.9 Å². The molecule has 1 N–H and O–H groups in total. The zero-order valence-electron chi connectivity index (χ0n) is 14.7. The van der Waals surface area contributed by atoms with Crippen molar-refractivity contribution in [3.8, 4) is 0 Å². The van der Waals surface area contributed by atoms with E-state index in [0.717, 1.165) is 38.0 Å². The number of pyridine rings is 1. The maximum absolute atomic E-state index is 12.5. The second-order valence-electron chi connectivity index (χ2n) is 6.38. The molecule has 1 aliphatic heterocycles. The van der Waals surface area contributed by atoms with E-state index in [0.29, 0.717) is 18.1 Å². The van der Waals surface area contributed by atoms with Gasteiger partial charge in [0.05, 0.1) is 12.2 Å². The summed E-state index contributed by atoms with van der Waals surface area (Å²) >= 11 is 0. The summed E-state index contributed by atoms with van der Waals surface area (Å²) in [4.78, 5) is 18.9. The predicted octanol–water partition coefficient (Wildman–Crippen LogP) is 1.92. The molecular weight excluding hydrogens is 320 g/mol. The average Bonchev–Trinajstić information content (AvgIpc) is 2.99. The number of carbonyl (C=O) groups excluding carboxylic acids is 1. The molecule has 2 aromatic rings. The molecule has 1 amide bonds. The molecule has 1 saturated heterocycles. The lowest BCUT2D eigenvalue weighted by Gasteiger charge is -2.32. The Morgan fingerprint density at radius 3 is 2.76 bits per heavy atom. The molecular formula is C18H24N4O3. The van der Waals surface area contributed by atoms with Crippen molar-refractivity contribution in [1.29, 1.82) is 0 Å². The van der Waals surface area contributed by atoms with E-state index in [-0.39, 0.29) is 11.9 Å². The lowest BCUT2D eigenvalue weighted by Crippen LogP contribution is -2.44. The summed E-state index contributed by atoms with van der Waals surface area (Å²) in [6.45, 7) is 4.94. The minimum Gasteiger partial charge on any atom is -0.380 e. The molecule has 3 rings (SSSR count). The van der Waals surface area contributed by atoms with E-state index in [9.17, 15) is 4.79 Å². The minimum atomic E-state index is -0.184. The zero-order chi connectivity index (χ0) is 17.6. The van der Waals surface area contributed by atoms with E-state index < -0.39 is 0 Å². The Morgan fingerprint density at radius 1 is 1.36 bits per heavy atom. The molecule has 1 aliphatic rings. The second kappa shape index (κ2) is 8.22. The summed E-state index contributed by atoms with van der Waals surface area (Å²) in [5.41, 5.74) is 2.31. The van der Waals surface area contributed by atoms with Crippen LogP contribution >= 0.6 is 0 Å². The molecule has 0 unspecified atom stereocenters. The summed E-state index contributed by atoms with van der Waals surface area (Å²) in [6.07, 6.45) is 5.49. The van der Waals surface area contributed by atoms with E-state index in [1.54, 1.807) is 14.0 Å². The standard InChI is InChI=1S/C18H24N4O3/c1-13-16(12-24-2)17(21-25-13)18(23)20-15-5-9-22(10-6-15)11-14-3-7-19-8-4-14/h3-4,7-8,15H,5-6,9-12H2,1-2H3,(H,20,23). The van der Waals surface area contributed by atoms with Crippen LogP contribution in [0.4, 0.5) is 0 Å². The molecule has 0 spiro atoms. The summed E-state index contributed by atoms with van der Waals surface area (Å²) < 4.78 is 10.3. The molecule has 7 heteroatoms. The van der Waals surface area contributed by atoms with Crippen molar-refractivity contribution >= 4 is 5.91 Å². The van der Waals surface area contributed by atoms with Crippen LogP contribution in [0.25, 0.3) is 0 Å². The van der Waals surface area contributed by atoms with Gasteiger partial charge in [-0.1, -0.05) is 5.16 Å². The van der Waals surface area contributed by atoms with Crippen molar-refractivity contribution in [1.82, 2.24) is 20.4 Å². The molecule has 0 radical (unpaired) electrons. The molecule has 134 valence electrons. The summed E-state index contributed by atoms with van der Waals surface area (Å²) in [5, 5.41) is 6.97. The minimum absolute atomic E-state index is 0.161. The van der Waals surface area contributed by atoms with E-state index in [2.05, 4.69) is 20.4 Å². The monoisotopic (exact) mass is 344 g/mol. The van der Waals surface area contributed by atoms with Crippen LogP contribution in [0, 0.1) is 6.92 Å². The van der Waals surface area contributed by atoms with Crippen molar-refractivity contribution in [3.05, 3.63) is 47.1 Å². The third kappa shape index (κ3) is 4.43. The number of amides is 1. The zero-order valence-corrected chi connectivity index (χ0v) is 14.7. The van der Waals surface area contributed by atoms with Crippen molar-refractivity contribution in [3.63, 3.8) is 0 Å². The Labute approximate surface area is 147 Å². The maximum atomic E-state index is 12.5. The van der Waals surface area contributed by atoms with Crippen molar-refractivity contribution in [2.24, 2.45) is 0 Å². The van der Waals surface area contributed by atoms with Crippen LogP contribution in [0.5, 0.6) is 0 Å². The number of hydrogen-bond donors (Lipinski definition) is 1. The molecule has 0 saturated carbocycles. The van der Waals surface area contributed by atoms with E-state index in [1.807, 2.05) is 24.5 Å². The summed E-state index contributed by atoms with van der Waals surface area (Å²) in [7, 11) is 1.59. The van der Waals surface area contributed by atoms with E-state index >= 15 is 0 Å². The Hall–Kier alpha value is -2.25. The first kappa shape index (κ1) is 17.6. The number of nitrogens with zero attached hydrogens (tertiary/aromatic N) is 3. The Balaban J connectivity index is 1.51. The highest BCUT2D eigenvalue weighted by molar-refractivity contribution is 5.93. The van der Waals surface area contributed by atoms with Gasteiger partial charge in [0, 0.05) is 45.2 Å². The molecule has 0 aliphatic carbocycles. The molecule has 0 atom stereocenters. The Kier molecular flexibility index (Phi) is 5.78. The third-order valence-electron chi connectivity index (χ3n) is 4.57. The molecule has 1 fully saturated rings. The number of aromatic nitrogens is 2. The van der Waals surface area contributed by atoms with Crippen molar-refractivity contribution < 1.29 is 14.1 Å². The van der Waals surface area contributed by atoms with Crippen LogP contribution in [0.3, 0.4) is 0 Å². The molecule has 0 bridgehead atoms. The topological polar surface area (TPSA) is 80.5 Å². The van der Waals surface area contributed by atoms with Gasteiger partial charge in [0.15, 0.2) is 5.69 Å². The smallest absolute Gasteiger partial charge is 0.274 e. The maximum Gasteiger partial charge on any atom is 0.274 e. The fourth-order valence-electron chi connectivity index (χ4n) is 3.12. The predicted molar refractivity (Wildman–Crippen MR) is 92.0 cm³/mol. The van der Waals surface area contributed by atoms with Crippen LogP contribution < -0.4 is 5.32 Å². The first-order valence-corrected chi connectivity index (χ1v) is 8.53. The van der Waals surface area contributed by atoms with Gasteiger partial charge in [-0.05, 0) is 37.5 Å². The number of methoxy groups -OCH3 is 1. The van der Waals surface area contributed by atoms with E-state index in [1.165, 1.54) is 5.56 Å². The first-order valence-electron chi connectivity index (χ1n) is 8.53. The van der Waals surface area contributed by atoms with Gasteiger partial charge < -0.3 is 14.6 Å². The lowest BCUT2D eigenvalue weighted by molar-refractivity contribution is 0.0895. The third-order valence-corrected chi connectivity index (χ3v) is 4.57. The number of likely N-dealkylation sites (tertiary alicyclic amines) is 1. The van der Waals surface area contributed by atoms with Gasteiger partial charge >= 0.3 is 0 Å². The lowest BCUT2D eigenvalue weighted by atomic mass is 10.0. The number of piperidine rings is 1. The van der Waals surface area contributed by atoms with Crippen molar-refractivity contribution in [2.45, 2.75) is 39.0 Å². The van der Waals surface area contributed by atoms with Gasteiger partial charge in [-0.25, -0.2) is 0 Å². The van der Waals surface area contributed by atoms with Gasteiger partial charge in [-0.15, -0.1) is 0 Å². The van der Waals surface area contributed by atoms with Gasteiger partial charge in [0.1, 0.15) is 5.76 Å². The highest BCUT2D eigenvalue weighted by Gasteiger charge is 2.25. The highest BCUT2D eigenvalue weighted by atomic mass is 16.5. The molecule has 0 aromatic carbocycles. The quantitative estimate of drug-likeness (QED) is 0.862. The SMILES string of the molecule is COCc1c(C(=O)NC2CCN(Cc3ccncc3)CC2)noc1C. The normalized spacial score (nSPS) is 16.1. The average molecular weight is 344 g/mol. The van der Waals surface area contributed by atoms with Crippen LogP contribution in [0.2, 0.25) is 0 Å². The number of nitrogens with one attached hydrogen (secondary N) is 1. The Morgan fingerprint density at radius 2 is 2.08 bits per heavy atom. The largest absolute Gasteiger partial charge is 0.380 e. The van der Waals surface area contributed by atoms with Crippen LogP contribution in [-0.4, -0.2) is 47.2 Å². The molecule has 2 aromatic heterocycles. The fourth-order valence-corrected chi connectivity index (χ4v) is 3.12. The number of carbonyl (C=O) groups is 1. The van der Waals surface area contributed by atoms with Gasteiger partial charge in [0.2, 0.25) is 0 Å². The first-order chi connectivity index (χ1) is 12.2. The van der Waals surface area contributed by atoms with Gasteiger partial charge in [0.25, 0.3) is 5.91 Å². The Bertz CT molecular complexity index is 694. The molecule has 7 nitrogen and oxygen atoms in total.